The maximum atomic E-state index is 12.1. The quantitative estimate of drug-likeness (QED) is 0.455. The van der Waals surface area contributed by atoms with Gasteiger partial charge in [-0.25, -0.2) is 13.1 Å². The Balaban J connectivity index is 2.78. The molecule has 4 N–H and O–H groups in total. The van der Waals surface area contributed by atoms with Gasteiger partial charge in [0.25, 0.3) is 0 Å². The van der Waals surface area contributed by atoms with Gasteiger partial charge in [0.2, 0.25) is 10.0 Å². The molecule has 9 heteroatoms. The highest BCUT2D eigenvalue weighted by atomic mass is 79.9. The van der Waals surface area contributed by atoms with E-state index >= 15 is 0 Å². The van der Waals surface area contributed by atoms with Crippen LogP contribution in [0.4, 0.5) is 5.69 Å². The molecule has 0 saturated carbocycles. The van der Waals surface area contributed by atoms with Crippen molar-refractivity contribution in [2.24, 2.45) is 0 Å². The Hall–Kier alpha value is -0.190. The standard InChI is InChI=1S/C10H14Br2N2O4S/c11-7-5-8(12)10(9(13)6-7)19(16,17)14-1-3-18-4-2-15/h5-6,14-15H,1-4,13H2. The van der Waals surface area contributed by atoms with E-state index < -0.39 is 10.0 Å². The number of hydrogen-bond acceptors (Lipinski definition) is 5. The predicted octanol–water partition coefficient (Wildman–Crippen LogP) is 1.08. The van der Waals surface area contributed by atoms with Gasteiger partial charge in [0, 0.05) is 15.5 Å². The number of halogens is 2. The number of anilines is 1. The molecular weight excluding hydrogens is 404 g/mol. The Morgan fingerprint density at radius 2 is 2.00 bits per heavy atom. The summed E-state index contributed by atoms with van der Waals surface area (Å²) < 4.78 is 32.6. The summed E-state index contributed by atoms with van der Waals surface area (Å²) in [5.74, 6) is 0. The van der Waals surface area contributed by atoms with E-state index in [2.05, 4.69) is 36.6 Å². The van der Waals surface area contributed by atoms with Gasteiger partial charge in [-0.2, -0.15) is 0 Å². The zero-order valence-electron chi connectivity index (χ0n) is 9.90. The lowest BCUT2D eigenvalue weighted by Crippen LogP contribution is -2.28. The summed E-state index contributed by atoms with van der Waals surface area (Å²) in [4.78, 5) is -0.00198. The monoisotopic (exact) mass is 416 g/mol. The van der Waals surface area contributed by atoms with E-state index in [9.17, 15) is 8.42 Å². The lowest BCUT2D eigenvalue weighted by Gasteiger charge is -2.11. The van der Waals surface area contributed by atoms with Gasteiger partial charge < -0.3 is 15.6 Å². The number of sulfonamides is 1. The van der Waals surface area contributed by atoms with Crippen LogP contribution < -0.4 is 10.5 Å². The second-order valence-electron chi connectivity index (χ2n) is 3.54. The van der Waals surface area contributed by atoms with Gasteiger partial charge in [0.1, 0.15) is 4.90 Å². The molecule has 0 spiro atoms. The van der Waals surface area contributed by atoms with Gasteiger partial charge in [-0.1, -0.05) is 15.9 Å². The fourth-order valence-corrected chi connectivity index (χ4v) is 4.43. The highest BCUT2D eigenvalue weighted by Crippen LogP contribution is 2.31. The van der Waals surface area contributed by atoms with Crippen molar-refractivity contribution >= 4 is 47.6 Å². The SMILES string of the molecule is Nc1cc(Br)cc(Br)c1S(=O)(=O)NCCOCCO. The molecule has 0 aromatic heterocycles. The van der Waals surface area contributed by atoms with Crippen molar-refractivity contribution in [3.8, 4) is 0 Å². The van der Waals surface area contributed by atoms with Crippen molar-refractivity contribution in [2.75, 3.05) is 32.1 Å². The Kier molecular flexibility index (Phi) is 6.71. The average molecular weight is 418 g/mol. The largest absolute Gasteiger partial charge is 0.398 e. The number of rotatable bonds is 7. The molecule has 1 rings (SSSR count). The maximum absolute atomic E-state index is 12.1. The molecule has 19 heavy (non-hydrogen) atoms. The smallest absolute Gasteiger partial charge is 0.243 e. The van der Waals surface area contributed by atoms with Gasteiger partial charge in [0.15, 0.2) is 0 Å². The van der Waals surface area contributed by atoms with Crippen molar-refractivity contribution < 1.29 is 18.3 Å². The van der Waals surface area contributed by atoms with Crippen LogP contribution in [-0.4, -0.2) is 39.9 Å². The Morgan fingerprint density at radius 3 is 2.58 bits per heavy atom. The number of benzene rings is 1. The van der Waals surface area contributed by atoms with Crippen LogP contribution >= 0.6 is 31.9 Å². The Labute approximate surface area is 128 Å². The summed E-state index contributed by atoms with van der Waals surface area (Å²) in [5, 5.41) is 8.51. The molecule has 0 unspecified atom stereocenters. The molecule has 0 radical (unpaired) electrons. The number of nitrogens with two attached hydrogens (primary N) is 1. The van der Waals surface area contributed by atoms with E-state index in [4.69, 9.17) is 15.6 Å². The Bertz CT molecular complexity index is 513. The summed E-state index contributed by atoms with van der Waals surface area (Å²) in [7, 11) is -3.71. The molecule has 108 valence electrons. The molecule has 0 amide bonds. The molecule has 0 aliphatic rings. The molecule has 1 aromatic carbocycles. The van der Waals surface area contributed by atoms with Crippen LogP contribution in [0, 0.1) is 0 Å². The van der Waals surface area contributed by atoms with Crippen molar-refractivity contribution in [1.82, 2.24) is 4.72 Å². The van der Waals surface area contributed by atoms with Crippen LogP contribution in [0.1, 0.15) is 0 Å². The first-order chi connectivity index (χ1) is 8.88. The summed E-state index contributed by atoms with van der Waals surface area (Å²) in [6.45, 7) is 0.349. The molecule has 0 fully saturated rings. The van der Waals surface area contributed by atoms with Gasteiger partial charge in [0.05, 0.1) is 25.5 Å². The lowest BCUT2D eigenvalue weighted by atomic mass is 10.3. The van der Waals surface area contributed by atoms with Gasteiger partial charge >= 0.3 is 0 Å². The topological polar surface area (TPSA) is 102 Å². The van der Waals surface area contributed by atoms with Crippen LogP contribution in [0.15, 0.2) is 26.0 Å². The molecule has 0 aliphatic carbocycles. The highest BCUT2D eigenvalue weighted by Gasteiger charge is 2.21. The van der Waals surface area contributed by atoms with E-state index in [0.29, 0.717) is 8.95 Å². The van der Waals surface area contributed by atoms with Gasteiger partial charge in [-0.05, 0) is 28.1 Å². The molecule has 0 atom stereocenters. The van der Waals surface area contributed by atoms with E-state index in [1.54, 1.807) is 6.07 Å². The van der Waals surface area contributed by atoms with Crippen LogP contribution in [-0.2, 0) is 14.8 Å². The van der Waals surface area contributed by atoms with Gasteiger partial charge in [-0.3, -0.25) is 0 Å². The zero-order valence-corrected chi connectivity index (χ0v) is 13.9. The summed E-state index contributed by atoms with van der Waals surface area (Å²) >= 11 is 6.40. The normalized spacial score (nSPS) is 11.7. The lowest BCUT2D eigenvalue weighted by molar-refractivity contribution is 0.0961. The fraction of sp³-hybridized carbons (Fsp3) is 0.400. The first kappa shape index (κ1) is 16.9. The van der Waals surface area contributed by atoms with E-state index in [1.807, 2.05) is 0 Å². The van der Waals surface area contributed by atoms with Crippen LogP contribution in [0.3, 0.4) is 0 Å². The minimum Gasteiger partial charge on any atom is -0.398 e. The van der Waals surface area contributed by atoms with Crippen LogP contribution in [0.2, 0.25) is 0 Å². The number of aliphatic hydroxyl groups is 1. The third-order valence-electron chi connectivity index (χ3n) is 2.08. The number of nitrogen functional groups attached to an aromatic ring is 1. The second-order valence-corrected chi connectivity index (χ2v) is 7.01. The first-order valence-electron chi connectivity index (χ1n) is 5.31. The minimum absolute atomic E-state index is 0.00198. The van der Waals surface area contributed by atoms with Crippen molar-refractivity contribution in [3.05, 3.63) is 21.1 Å². The maximum Gasteiger partial charge on any atom is 0.243 e. The predicted molar refractivity (Wildman–Crippen MR) is 79.3 cm³/mol. The number of hydrogen-bond donors (Lipinski definition) is 3. The average Bonchev–Trinajstić information content (AvgIpc) is 2.26. The van der Waals surface area contributed by atoms with Crippen molar-refractivity contribution in [3.63, 3.8) is 0 Å². The summed E-state index contributed by atoms with van der Waals surface area (Å²) in [5.41, 5.74) is 5.86. The molecule has 0 heterocycles. The molecule has 1 aromatic rings. The Morgan fingerprint density at radius 1 is 1.32 bits per heavy atom. The van der Waals surface area contributed by atoms with E-state index in [1.165, 1.54) is 6.07 Å². The first-order valence-corrected chi connectivity index (χ1v) is 8.38. The molecular formula is C10H14Br2N2O4S. The second kappa shape index (κ2) is 7.55. The van der Waals surface area contributed by atoms with Gasteiger partial charge in [-0.15, -0.1) is 0 Å². The minimum atomic E-state index is -3.71. The molecule has 0 aliphatic heterocycles. The van der Waals surface area contributed by atoms with E-state index in [0.717, 1.165) is 0 Å². The summed E-state index contributed by atoms with van der Waals surface area (Å²) in [6.07, 6.45) is 0. The third kappa shape index (κ3) is 5.01. The number of ether oxygens (including phenoxy) is 1. The molecule has 6 nitrogen and oxygen atoms in total. The van der Waals surface area contributed by atoms with Crippen LogP contribution in [0.25, 0.3) is 0 Å². The van der Waals surface area contributed by atoms with Crippen molar-refractivity contribution in [2.45, 2.75) is 4.90 Å². The number of nitrogens with one attached hydrogen (secondary N) is 1. The molecule has 0 saturated heterocycles. The number of aliphatic hydroxyl groups excluding tert-OH is 1. The third-order valence-corrected chi connectivity index (χ3v) is 5.00. The highest BCUT2D eigenvalue weighted by molar-refractivity contribution is 9.11. The summed E-state index contributed by atoms with van der Waals surface area (Å²) in [6, 6.07) is 3.12. The van der Waals surface area contributed by atoms with Crippen LogP contribution in [0.5, 0.6) is 0 Å². The fourth-order valence-electron chi connectivity index (χ4n) is 1.35. The zero-order chi connectivity index (χ0) is 14.5. The van der Waals surface area contributed by atoms with Crippen molar-refractivity contribution in [1.29, 1.82) is 0 Å². The molecule has 0 bridgehead atoms. The van der Waals surface area contributed by atoms with E-state index in [-0.39, 0.29) is 36.9 Å².